The summed E-state index contributed by atoms with van der Waals surface area (Å²) in [7, 11) is -3.48. The maximum absolute atomic E-state index is 12.0. The third kappa shape index (κ3) is 4.28. The van der Waals surface area contributed by atoms with E-state index < -0.39 is 10.0 Å². The van der Waals surface area contributed by atoms with Crippen molar-refractivity contribution in [3.8, 4) is 6.07 Å². The van der Waals surface area contributed by atoms with Crippen molar-refractivity contribution >= 4 is 10.0 Å². The van der Waals surface area contributed by atoms with Crippen LogP contribution in [0, 0.1) is 11.3 Å². The molecule has 1 unspecified atom stereocenters. The van der Waals surface area contributed by atoms with Gasteiger partial charge in [-0.15, -0.1) is 0 Å². The topological polar surface area (TPSA) is 91.2 Å². The van der Waals surface area contributed by atoms with Crippen LogP contribution in [0.5, 0.6) is 0 Å². The molecule has 0 amide bonds. The minimum absolute atomic E-state index is 0.148. The summed E-state index contributed by atoms with van der Waals surface area (Å²) < 4.78 is 32.0. The average Bonchev–Trinajstić information content (AvgIpc) is 2.47. The molecule has 1 aromatic carbocycles. The van der Waals surface area contributed by atoms with Gasteiger partial charge in [0.15, 0.2) is 0 Å². The average molecular weight is 295 g/mol. The van der Waals surface area contributed by atoms with Crippen molar-refractivity contribution < 1.29 is 13.2 Å². The van der Waals surface area contributed by atoms with E-state index in [9.17, 15) is 8.42 Å². The van der Waals surface area contributed by atoms with Crippen molar-refractivity contribution in [1.82, 2.24) is 10.0 Å². The Balaban J connectivity index is 1.95. The van der Waals surface area contributed by atoms with E-state index in [1.165, 1.54) is 0 Å². The zero-order valence-electron chi connectivity index (χ0n) is 11.0. The molecule has 1 heterocycles. The van der Waals surface area contributed by atoms with E-state index in [0.29, 0.717) is 24.3 Å². The molecule has 0 aromatic heterocycles. The van der Waals surface area contributed by atoms with Crippen LogP contribution >= 0.6 is 0 Å². The van der Waals surface area contributed by atoms with E-state index in [4.69, 9.17) is 10.00 Å². The Labute approximate surface area is 118 Å². The van der Waals surface area contributed by atoms with Gasteiger partial charge in [-0.05, 0) is 11.6 Å². The molecule has 0 radical (unpaired) electrons. The van der Waals surface area contributed by atoms with Crippen LogP contribution in [0.25, 0.3) is 0 Å². The first kappa shape index (κ1) is 14.9. The summed E-state index contributed by atoms with van der Waals surface area (Å²) in [5, 5.41) is 12.1. The second kappa shape index (κ2) is 6.81. The molecule has 6 nitrogen and oxygen atoms in total. The summed E-state index contributed by atoms with van der Waals surface area (Å²) >= 11 is 0. The Bertz CT molecular complexity index is 589. The number of hydrogen-bond donors (Lipinski definition) is 2. The number of benzene rings is 1. The van der Waals surface area contributed by atoms with Crippen LogP contribution in [0.4, 0.5) is 0 Å². The van der Waals surface area contributed by atoms with Gasteiger partial charge in [-0.2, -0.15) is 5.26 Å². The van der Waals surface area contributed by atoms with Gasteiger partial charge in [-0.3, -0.25) is 0 Å². The highest BCUT2D eigenvalue weighted by Gasteiger charge is 2.18. The fourth-order valence-corrected chi connectivity index (χ4v) is 3.18. The highest BCUT2D eigenvalue weighted by atomic mass is 32.2. The number of nitrogens with one attached hydrogen (secondary N) is 2. The van der Waals surface area contributed by atoms with Gasteiger partial charge < -0.3 is 10.1 Å². The van der Waals surface area contributed by atoms with Crippen LogP contribution in [0.3, 0.4) is 0 Å². The number of ether oxygens (including phenoxy) is 1. The van der Waals surface area contributed by atoms with Crippen molar-refractivity contribution in [3.05, 3.63) is 35.4 Å². The van der Waals surface area contributed by atoms with Crippen molar-refractivity contribution in [2.45, 2.75) is 11.9 Å². The van der Waals surface area contributed by atoms with E-state index in [0.717, 1.165) is 6.54 Å². The molecule has 0 saturated carbocycles. The van der Waals surface area contributed by atoms with E-state index in [-0.39, 0.29) is 18.4 Å². The summed E-state index contributed by atoms with van der Waals surface area (Å²) in [5.74, 6) is -0.198. The minimum Gasteiger partial charge on any atom is -0.374 e. The lowest BCUT2D eigenvalue weighted by Gasteiger charge is -2.23. The Hall–Kier alpha value is -1.46. The van der Waals surface area contributed by atoms with Gasteiger partial charge in [0.25, 0.3) is 0 Å². The monoisotopic (exact) mass is 295 g/mol. The summed E-state index contributed by atoms with van der Waals surface area (Å²) in [4.78, 5) is 0. The zero-order chi connectivity index (χ0) is 14.4. The van der Waals surface area contributed by atoms with Crippen molar-refractivity contribution in [2.24, 2.45) is 0 Å². The first-order valence-corrected chi connectivity index (χ1v) is 8.03. The van der Waals surface area contributed by atoms with E-state index in [1.807, 2.05) is 6.07 Å². The van der Waals surface area contributed by atoms with Crippen molar-refractivity contribution in [2.75, 3.05) is 26.2 Å². The summed E-state index contributed by atoms with van der Waals surface area (Å²) in [5.41, 5.74) is 0.888. The van der Waals surface area contributed by atoms with E-state index in [2.05, 4.69) is 10.0 Å². The van der Waals surface area contributed by atoms with Gasteiger partial charge in [-0.1, -0.05) is 18.2 Å². The van der Waals surface area contributed by atoms with Crippen LogP contribution in [0.1, 0.15) is 11.1 Å². The first-order chi connectivity index (χ1) is 9.61. The number of nitriles is 1. The molecule has 7 heteroatoms. The fourth-order valence-electron chi connectivity index (χ4n) is 1.98. The van der Waals surface area contributed by atoms with Crippen molar-refractivity contribution in [3.63, 3.8) is 0 Å². The standard InChI is InChI=1S/C13H17N3O3S/c14-7-11-3-1-2-4-12(11)10-20(17,18)16-9-13-8-15-5-6-19-13/h1-4,13,15-16H,5-6,8-10H2. The normalized spacial score (nSPS) is 19.4. The van der Waals surface area contributed by atoms with Crippen LogP contribution in [-0.4, -0.2) is 40.8 Å². The fraction of sp³-hybridized carbons (Fsp3) is 0.462. The maximum Gasteiger partial charge on any atom is 0.215 e. The minimum atomic E-state index is -3.48. The predicted octanol–water partition coefficient (Wildman–Crippen LogP) is -0.0339. The number of sulfonamides is 1. The van der Waals surface area contributed by atoms with Gasteiger partial charge in [0.2, 0.25) is 10.0 Å². The third-order valence-electron chi connectivity index (χ3n) is 3.02. The summed E-state index contributed by atoms with van der Waals surface area (Å²) in [6, 6.07) is 8.69. The molecule has 20 heavy (non-hydrogen) atoms. The molecule has 1 saturated heterocycles. The molecule has 1 atom stereocenters. The van der Waals surface area contributed by atoms with Gasteiger partial charge in [0.1, 0.15) is 0 Å². The van der Waals surface area contributed by atoms with Crippen LogP contribution in [0.15, 0.2) is 24.3 Å². The van der Waals surface area contributed by atoms with Crippen LogP contribution in [-0.2, 0) is 20.5 Å². The summed E-state index contributed by atoms with van der Waals surface area (Å²) in [6.45, 7) is 2.25. The Morgan fingerprint density at radius 2 is 2.25 bits per heavy atom. The molecule has 0 bridgehead atoms. The molecule has 1 aliphatic heterocycles. The second-order valence-corrected chi connectivity index (χ2v) is 6.38. The largest absolute Gasteiger partial charge is 0.374 e. The molecule has 0 aliphatic carbocycles. The molecule has 1 aromatic rings. The highest BCUT2D eigenvalue weighted by Crippen LogP contribution is 2.11. The molecule has 2 N–H and O–H groups in total. The Morgan fingerprint density at radius 1 is 1.45 bits per heavy atom. The third-order valence-corrected chi connectivity index (χ3v) is 4.32. The molecule has 0 spiro atoms. The SMILES string of the molecule is N#Cc1ccccc1CS(=O)(=O)NCC1CNCCO1. The van der Waals surface area contributed by atoms with E-state index >= 15 is 0 Å². The lowest BCUT2D eigenvalue weighted by Crippen LogP contribution is -2.45. The van der Waals surface area contributed by atoms with Crippen molar-refractivity contribution in [1.29, 1.82) is 5.26 Å². The lowest BCUT2D eigenvalue weighted by molar-refractivity contribution is 0.0324. The molecule has 1 fully saturated rings. The first-order valence-electron chi connectivity index (χ1n) is 6.38. The van der Waals surface area contributed by atoms with Gasteiger partial charge >= 0.3 is 0 Å². The number of morpholine rings is 1. The van der Waals surface area contributed by atoms with Gasteiger partial charge in [0, 0.05) is 19.6 Å². The van der Waals surface area contributed by atoms with E-state index in [1.54, 1.807) is 24.3 Å². The van der Waals surface area contributed by atoms with Gasteiger partial charge in [-0.25, -0.2) is 13.1 Å². The lowest BCUT2D eigenvalue weighted by atomic mass is 10.1. The second-order valence-electron chi connectivity index (χ2n) is 4.57. The zero-order valence-corrected chi connectivity index (χ0v) is 11.8. The molecular formula is C13H17N3O3S. The summed E-state index contributed by atoms with van der Waals surface area (Å²) in [6.07, 6.45) is -0.148. The maximum atomic E-state index is 12.0. The highest BCUT2D eigenvalue weighted by molar-refractivity contribution is 7.88. The Kier molecular flexibility index (Phi) is 5.09. The Morgan fingerprint density at radius 3 is 2.95 bits per heavy atom. The van der Waals surface area contributed by atoms with Crippen LogP contribution in [0.2, 0.25) is 0 Å². The number of hydrogen-bond acceptors (Lipinski definition) is 5. The quantitative estimate of drug-likeness (QED) is 0.796. The molecule has 2 rings (SSSR count). The predicted molar refractivity (Wildman–Crippen MR) is 74.4 cm³/mol. The molecular weight excluding hydrogens is 278 g/mol. The molecule has 108 valence electrons. The van der Waals surface area contributed by atoms with Crippen LogP contribution < -0.4 is 10.0 Å². The number of nitrogens with zero attached hydrogens (tertiary/aromatic N) is 1. The smallest absolute Gasteiger partial charge is 0.215 e. The number of rotatable bonds is 5. The van der Waals surface area contributed by atoms with Gasteiger partial charge in [0.05, 0.1) is 30.1 Å². The molecule has 1 aliphatic rings.